The highest BCUT2D eigenvalue weighted by Gasteiger charge is 2.33. The number of carbonyl (C=O) groups excluding carboxylic acids is 1. The number of aromatic hydroxyl groups is 1. The van der Waals surface area contributed by atoms with Crippen LogP contribution in [-0.4, -0.2) is 36.3 Å². The first kappa shape index (κ1) is 25.6. The lowest BCUT2D eigenvalue weighted by Gasteiger charge is -2.25. The van der Waals surface area contributed by atoms with Crippen LogP contribution < -0.4 is 19.8 Å². The van der Waals surface area contributed by atoms with Gasteiger partial charge in [0.05, 0.1) is 36.5 Å². The molecule has 2 aromatic carbocycles. The van der Waals surface area contributed by atoms with Crippen LogP contribution in [-0.2, 0) is 9.53 Å². The van der Waals surface area contributed by atoms with Crippen molar-refractivity contribution in [3.63, 3.8) is 0 Å². The monoisotopic (exact) mass is 667 g/mol. The molecule has 4 rings (SSSR count). The van der Waals surface area contributed by atoms with Crippen molar-refractivity contribution in [1.82, 2.24) is 4.57 Å². The van der Waals surface area contributed by atoms with E-state index in [-0.39, 0.29) is 17.9 Å². The van der Waals surface area contributed by atoms with Crippen molar-refractivity contribution < 1.29 is 14.6 Å². The van der Waals surface area contributed by atoms with Gasteiger partial charge in [-0.2, -0.15) is 0 Å². The van der Waals surface area contributed by atoms with Gasteiger partial charge >= 0.3 is 5.97 Å². The average molecular weight is 668 g/mol. The van der Waals surface area contributed by atoms with Crippen LogP contribution in [0.2, 0.25) is 0 Å². The van der Waals surface area contributed by atoms with Gasteiger partial charge in [0.1, 0.15) is 5.75 Å². The standard InChI is InChI=1S/C25H23BrIN3O4S/c1-5-34-24(33)20-13(2)28-25-30(21(20)15-6-8-16(9-7-15)29(3)4)23(32)19(35-25)12-14-10-17(26)22(31)18(27)11-14/h6-12,21,31H,5H2,1-4H3/b19-12+/t21-/m1/s1. The van der Waals surface area contributed by atoms with Crippen LogP contribution in [0, 0.1) is 3.57 Å². The van der Waals surface area contributed by atoms with Crippen LogP contribution >= 0.6 is 49.9 Å². The highest BCUT2D eigenvalue weighted by Crippen LogP contribution is 2.32. The molecular formula is C25H23BrIN3O4S. The maximum Gasteiger partial charge on any atom is 0.338 e. The Bertz CT molecular complexity index is 1500. The Morgan fingerprint density at radius 2 is 2.00 bits per heavy atom. The number of anilines is 1. The summed E-state index contributed by atoms with van der Waals surface area (Å²) in [5, 5.41) is 10.1. The summed E-state index contributed by atoms with van der Waals surface area (Å²) in [6.07, 6.45) is 1.77. The number of phenolic OH excluding ortho intramolecular Hbond substituents is 1. The van der Waals surface area contributed by atoms with E-state index in [9.17, 15) is 14.7 Å². The summed E-state index contributed by atoms with van der Waals surface area (Å²) in [5.74, 6) is -0.332. The third-order valence-corrected chi connectivity index (χ3v) is 7.99. The van der Waals surface area contributed by atoms with Gasteiger partial charge in [0.15, 0.2) is 4.80 Å². The number of ether oxygens (including phenoxy) is 1. The maximum atomic E-state index is 13.7. The Labute approximate surface area is 228 Å². The molecule has 0 saturated heterocycles. The largest absolute Gasteiger partial charge is 0.506 e. The molecule has 0 saturated carbocycles. The van der Waals surface area contributed by atoms with E-state index in [4.69, 9.17) is 4.74 Å². The van der Waals surface area contributed by atoms with Gasteiger partial charge in [0.2, 0.25) is 0 Å². The van der Waals surface area contributed by atoms with Crippen LogP contribution in [0.3, 0.4) is 0 Å². The smallest absolute Gasteiger partial charge is 0.338 e. The molecular weight excluding hydrogens is 645 g/mol. The molecule has 1 aromatic heterocycles. The Morgan fingerprint density at radius 3 is 2.60 bits per heavy atom. The van der Waals surface area contributed by atoms with E-state index >= 15 is 0 Å². The maximum absolute atomic E-state index is 13.7. The van der Waals surface area contributed by atoms with Gasteiger partial charge in [-0.15, -0.1) is 0 Å². The first-order chi connectivity index (χ1) is 16.6. The minimum absolute atomic E-state index is 0.153. The van der Waals surface area contributed by atoms with Gasteiger partial charge in [0, 0.05) is 19.8 Å². The fourth-order valence-electron chi connectivity index (χ4n) is 3.88. The molecule has 35 heavy (non-hydrogen) atoms. The van der Waals surface area contributed by atoms with Crippen LogP contribution in [0.5, 0.6) is 5.75 Å². The minimum Gasteiger partial charge on any atom is -0.506 e. The lowest BCUT2D eigenvalue weighted by molar-refractivity contribution is -0.139. The molecule has 0 fully saturated rings. The Kier molecular flexibility index (Phi) is 7.53. The third kappa shape index (κ3) is 4.96. The summed E-state index contributed by atoms with van der Waals surface area (Å²) >= 11 is 6.66. The Hall–Kier alpha value is -2.44. The summed E-state index contributed by atoms with van der Waals surface area (Å²) in [4.78, 5) is 33.8. The summed E-state index contributed by atoms with van der Waals surface area (Å²) in [6.45, 7) is 3.74. The molecule has 1 aliphatic rings. The van der Waals surface area contributed by atoms with Gasteiger partial charge in [0.25, 0.3) is 5.56 Å². The SMILES string of the molecule is CCOC(=O)C1=C(C)N=c2s/c(=C/c3cc(Br)c(O)c(I)c3)c(=O)n2[C@@H]1c1ccc(N(C)C)cc1. The van der Waals surface area contributed by atoms with Crippen molar-refractivity contribution in [3.8, 4) is 5.75 Å². The zero-order chi connectivity index (χ0) is 25.4. The van der Waals surface area contributed by atoms with E-state index in [1.807, 2.05) is 65.9 Å². The van der Waals surface area contributed by atoms with Gasteiger partial charge in [-0.1, -0.05) is 23.5 Å². The lowest BCUT2D eigenvalue weighted by Crippen LogP contribution is -2.39. The Morgan fingerprint density at radius 1 is 1.31 bits per heavy atom. The molecule has 0 amide bonds. The summed E-state index contributed by atoms with van der Waals surface area (Å²) in [7, 11) is 3.91. The number of halogens is 2. The molecule has 1 aliphatic heterocycles. The zero-order valence-corrected chi connectivity index (χ0v) is 24.1. The van der Waals surface area contributed by atoms with Gasteiger partial charge in [-0.05, 0) is 93.8 Å². The predicted molar refractivity (Wildman–Crippen MR) is 150 cm³/mol. The number of rotatable bonds is 5. The quantitative estimate of drug-likeness (QED) is 0.329. The molecule has 1 N–H and O–H groups in total. The topological polar surface area (TPSA) is 84.1 Å². The molecule has 0 radical (unpaired) electrons. The van der Waals surface area contributed by atoms with Crippen LogP contribution in [0.4, 0.5) is 5.69 Å². The van der Waals surface area contributed by atoms with Crippen LogP contribution in [0.15, 0.2) is 61.9 Å². The average Bonchev–Trinajstić information content (AvgIpc) is 3.11. The van der Waals surface area contributed by atoms with E-state index < -0.39 is 12.0 Å². The molecule has 3 aromatic rings. The fraction of sp³-hybridized carbons (Fsp3) is 0.240. The fourth-order valence-corrected chi connectivity index (χ4v) is 6.43. The van der Waals surface area contributed by atoms with Crippen LogP contribution in [0.25, 0.3) is 6.08 Å². The normalized spacial score (nSPS) is 15.6. The number of fused-ring (bicyclic) bond motifs is 1. The van der Waals surface area contributed by atoms with E-state index in [1.54, 1.807) is 36.6 Å². The van der Waals surface area contributed by atoms with Crippen molar-refractivity contribution in [2.45, 2.75) is 19.9 Å². The molecule has 2 heterocycles. The van der Waals surface area contributed by atoms with Crippen molar-refractivity contribution in [3.05, 3.63) is 86.5 Å². The van der Waals surface area contributed by atoms with Gasteiger partial charge in [-0.3, -0.25) is 9.36 Å². The van der Waals surface area contributed by atoms with Gasteiger partial charge in [-0.25, -0.2) is 9.79 Å². The number of thiazole rings is 1. The number of nitrogens with zero attached hydrogens (tertiary/aromatic N) is 3. The zero-order valence-electron chi connectivity index (χ0n) is 19.5. The number of hydrogen-bond acceptors (Lipinski definition) is 7. The van der Waals surface area contributed by atoms with Crippen molar-refractivity contribution in [2.24, 2.45) is 4.99 Å². The first-order valence-electron chi connectivity index (χ1n) is 10.8. The second-order valence-corrected chi connectivity index (χ2v) is 11.1. The molecule has 0 aliphatic carbocycles. The highest BCUT2D eigenvalue weighted by atomic mass is 127. The highest BCUT2D eigenvalue weighted by molar-refractivity contribution is 14.1. The number of allylic oxidation sites excluding steroid dienone is 1. The summed E-state index contributed by atoms with van der Waals surface area (Å²) < 4.78 is 8.60. The molecule has 182 valence electrons. The van der Waals surface area contributed by atoms with E-state index in [1.165, 1.54) is 11.3 Å². The molecule has 0 bridgehead atoms. The minimum atomic E-state index is -0.657. The van der Waals surface area contributed by atoms with Crippen molar-refractivity contribution >= 4 is 67.6 Å². The number of phenols is 1. The second-order valence-electron chi connectivity index (χ2n) is 8.12. The molecule has 0 spiro atoms. The number of carbonyl (C=O) groups is 1. The van der Waals surface area contributed by atoms with Gasteiger partial charge < -0.3 is 14.7 Å². The summed E-state index contributed by atoms with van der Waals surface area (Å²) in [6, 6.07) is 10.7. The number of benzene rings is 2. The summed E-state index contributed by atoms with van der Waals surface area (Å²) in [5.41, 5.74) is 3.20. The van der Waals surface area contributed by atoms with E-state index in [2.05, 4.69) is 20.9 Å². The number of esters is 1. The molecule has 7 nitrogen and oxygen atoms in total. The van der Waals surface area contributed by atoms with Crippen LogP contribution in [0.1, 0.15) is 31.0 Å². The number of hydrogen-bond donors (Lipinski definition) is 1. The molecule has 10 heteroatoms. The van der Waals surface area contributed by atoms with E-state index in [0.29, 0.717) is 28.6 Å². The molecule has 0 unspecified atom stereocenters. The third-order valence-electron chi connectivity index (χ3n) is 5.58. The Balaban J connectivity index is 1.94. The van der Waals surface area contributed by atoms with Crippen molar-refractivity contribution in [1.29, 1.82) is 0 Å². The van der Waals surface area contributed by atoms with Crippen molar-refractivity contribution in [2.75, 3.05) is 25.6 Å². The predicted octanol–water partition coefficient (Wildman–Crippen LogP) is 3.94. The lowest BCUT2D eigenvalue weighted by atomic mass is 9.95. The molecule has 1 atom stereocenters. The number of aromatic nitrogens is 1. The first-order valence-corrected chi connectivity index (χ1v) is 13.5. The second kappa shape index (κ2) is 10.3. The van der Waals surface area contributed by atoms with E-state index in [0.717, 1.165) is 16.8 Å².